The monoisotopic (exact) mass is 543 g/mol. The van der Waals surface area contributed by atoms with Gasteiger partial charge in [-0.15, -0.1) is 34.2 Å². The van der Waals surface area contributed by atoms with Crippen molar-refractivity contribution in [2.45, 2.75) is 6.54 Å². The largest absolute Gasteiger partial charge is 0.349 e. The first kappa shape index (κ1) is 23.9. The quantitative estimate of drug-likeness (QED) is 0.294. The van der Waals surface area contributed by atoms with Crippen LogP contribution in [0.5, 0.6) is 0 Å². The van der Waals surface area contributed by atoms with Gasteiger partial charge >= 0.3 is 0 Å². The molecule has 0 bridgehead atoms. The van der Waals surface area contributed by atoms with E-state index < -0.39 is 0 Å². The molecule has 0 spiro atoms. The minimum Gasteiger partial charge on any atom is -0.349 e. The predicted molar refractivity (Wildman–Crippen MR) is 140 cm³/mol. The summed E-state index contributed by atoms with van der Waals surface area (Å²) in [5.74, 6) is 1.76. The van der Waals surface area contributed by atoms with Crippen LogP contribution in [0.2, 0.25) is 0 Å². The predicted octanol–water partition coefficient (Wildman–Crippen LogP) is 3.29. The molecule has 0 unspecified atom stereocenters. The molecule has 32 heavy (non-hydrogen) atoms. The number of guanidine groups is 1. The third-order valence-corrected chi connectivity index (χ3v) is 5.41. The number of nitrogens with zero attached hydrogens (tertiary/aromatic N) is 6. The van der Waals surface area contributed by atoms with Crippen LogP contribution in [0.1, 0.15) is 11.4 Å². The molecule has 0 saturated carbocycles. The van der Waals surface area contributed by atoms with E-state index in [0.29, 0.717) is 6.54 Å². The minimum atomic E-state index is 0. The lowest BCUT2D eigenvalue weighted by Gasteiger charge is -2.36. The number of hydrogen-bond acceptors (Lipinski definition) is 4. The third kappa shape index (κ3) is 6.39. The van der Waals surface area contributed by atoms with Gasteiger partial charge in [-0.2, -0.15) is 0 Å². The molecule has 0 atom stereocenters. The SMILES string of the molecule is CN=C(NCc1nncn1-c1ccccc1)N1CCN(C/C=C/c2ccccc2)CC1.I. The molecule has 1 aliphatic rings. The van der Waals surface area contributed by atoms with Crippen LogP contribution < -0.4 is 5.32 Å². The number of aromatic nitrogens is 3. The molecule has 1 N–H and O–H groups in total. The summed E-state index contributed by atoms with van der Waals surface area (Å²) in [5.41, 5.74) is 2.30. The normalized spacial score (nSPS) is 15.0. The average Bonchev–Trinajstić information content (AvgIpc) is 3.30. The number of halogens is 1. The Hall–Kier alpha value is -2.72. The molecule has 4 rings (SSSR count). The second kappa shape index (κ2) is 12.4. The van der Waals surface area contributed by atoms with Crippen molar-refractivity contribution in [3.05, 3.63) is 84.5 Å². The highest BCUT2D eigenvalue weighted by molar-refractivity contribution is 14.0. The summed E-state index contributed by atoms with van der Waals surface area (Å²) in [7, 11) is 1.83. The second-order valence-electron chi connectivity index (χ2n) is 7.45. The van der Waals surface area contributed by atoms with E-state index in [1.54, 1.807) is 6.33 Å². The summed E-state index contributed by atoms with van der Waals surface area (Å²) in [6.07, 6.45) is 6.18. The van der Waals surface area contributed by atoms with Crippen molar-refractivity contribution in [3.63, 3.8) is 0 Å². The number of hydrogen-bond donors (Lipinski definition) is 1. The smallest absolute Gasteiger partial charge is 0.194 e. The molecular weight excluding hydrogens is 513 g/mol. The van der Waals surface area contributed by atoms with Gasteiger partial charge in [-0.05, 0) is 17.7 Å². The van der Waals surface area contributed by atoms with Crippen LogP contribution in [0, 0.1) is 0 Å². The first-order valence-corrected chi connectivity index (χ1v) is 10.7. The van der Waals surface area contributed by atoms with Gasteiger partial charge in [-0.25, -0.2) is 0 Å². The average molecular weight is 543 g/mol. The van der Waals surface area contributed by atoms with Crippen molar-refractivity contribution in [2.75, 3.05) is 39.8 Å². The van der Waals surface area contributed by atoms with E-state index in [0.717, 1.165) is 50.2 Å². The van der Waals surface area contributed by atoms with Crippen molar-refractivity contribution < 1.29 is 0 Å². The van der Waals surface area contributed by atoms with Crippen LogP contribution in [0.4, 0.5) is 0 Å². The van der Waals surface area contributed by atoms with Gasteiger partial charge in [0, 0.05) is 45.5 Å². The van der Waals surface area contributed by atoms with Gasteiger partial charge in [0.25, 0.3) is 0 Å². The fourth-order valence-corrected chi connectivity index (χ4v) is 3.72. The van der Waals surface area contributed by atoms with Crippen molar-refractivity contribution in [2.24, 2.45) is 4.99 Å². The number of piperazine rings is 1. The lowest BCUT2D eigenvalue weighted by atomic mass is 10.2. The first-order valence-electron chi connectivity index (χ1n) is 10.7. The highest BCUT2D eigenvalue weighted by atomic mass is 127. The number of nitrogens with one attached hydrogen (secondary N) is 1. The van der Waals surface area contributed by atoms with Gasteiger partial charge in [-0.1, -0.05) is 60.7 Å². The lowest BCUT2D eigenvalue weighted by Crippen LogP contribution is -2.52. The number of para-hydroxylation sites is 1. The molecule has 1 aromatic heterocycles. The van der Waals surface area contributed by atoms with E-state index in [-0.39, 0.29) is 24.0 Å². The van der Waals surface area contributed by atoms with E-state index >= 15 is 0 Å². The lowest BCUT2D eigenvalue weighted by molar-refractivity contribution is 0.194. The number of aliphatic imine (C=N–C) groups is 1. The molecule has 168 valence electrons. The Balaban J connectivity index is 0.00000289. The summed E-state index contributed by atoms with van der Waals surface area (Å²) in [6, 6.07) is 20.6. The van der Waals surface area contributed by atoms with Gasteiger partial charge in [0.15, 0.2) is 11.8 Å². The van der Waals surface area contributed by atoms with Crippen LogP contribution in [-0.4, -0.2) is 70.3 Å². The maximum Gasteiger partial charge on any atom is 0.194 e. The van der Waals surface area contributed by atoms with Crippen LogP contribution >= 0.6 is 24.0 Å². The maximum absolute atomic E-state index is 4.48. The molecule has 0 radical (unpaired) electrons. The molecule has 1 saturated heterocycles. The molecule has 1 aliphatic heterocycles. The van der Waals surface area contributed by atoms with Crippen LogP contribution in [0.15, 0.2) is 78.1 Å². The highest BCUT2D eigenvalue weighted by Gasteiger charge is 2.19. The Morgan fingerprint density at radius 3 is 2.38 bits per heavy atom. The molecule has 8 heteroatoms. The third-order valence-electron chi connectivity index (χ3n) is 5.41. The van der Waals surface area contributed by atoms with E-state index in [1.807, 2.05) is 48.0 Å². The summed E-state index contributed by atoms with van der Waals surface area (Å²) < 4.78 is 2.00. The molecule has 1 fully saturated rings. The van der Waals surface area contributed by atoms with Gasteiger partial charge < -0.3 is 10.2 Å². The van der Waals surface area contributed by atoms with E-state index in [9.17, 15) is 0 Å². The molecule has 2 aromatic carbocycles. The summed E-state index contributed by atoms with van der Waals surface area (Å²) in [5, 5.41) is 11.8. The zero-order valence-electron chi connectivity index (χ0n) is 18.3. The zero-order chi connectivity index (χ0) is 21.3. The second-order valence-corrected chi connectivity index (χ2v) is 7.45. The fourth-order valence-electron chi connectivity index (χ4n) is 3.72. The zero-order valence-corrected chi connectivity index (χ0v) is 20.7. The summed E-state index contributed by atoms with van der Waals surface area (Å²) >= 11 is 0. The molecule has 7 nitrogen and oxygen atoms in total. The van der Waals surface area contributed by atoms with Crippen LogP contribution in [0.25, 0.3) is 11.8 Å². The minimum absolute atomic E-state index is 0. The van der Waals surface area contributed by atoms with Gasteiger partial charge in [0.05, 0.1) is 6.54 Å². The van der Waals surface area contributed by atoms with E-state index in [1.165, 1.54) is 5.56 Å². The molecule has 0 aliphatic carbocycles. The Morgan fingerprint density at radius 1 is 1.00 bits per heavy atom. The maximum atomic E-state index is 4.48. The molecular formula is C24H30IN7. The van der Waals surface area contributed by atoms with E-state index in [2.05, 4.69) is 66.7 Å². The highest BCUT2D eigenvalue weighted by Crippen LogP contribution is 2.09. The van der Waals surface area contributed by atoms with Crippen molar-refractivity contribution >= 4 is 36.0 Å². The summed E-state index contributed by atoms with van der Waals surface area (Å²) in [4.78, 5) is 9.26. The first-order chi connectivity index (χ1) is 15.3. The van der Waals surface area contributed by atoms with Crippen LogP contribution in [0.3, 0.4) is 0 Å². The van der Waals surface area contributed by atoms with Crippen molar-refractivity contribution in [1.82, 2.24) is 29.9 Å². The summed E-state index contributed by atoms with van der Waals surface area (Å²) in [6.45, 7) is 5.46. The Labute approximate surface area is 206 Å². The van der Waals surface area contributed by atoms with Gasteiger partial charge in [-0.3, -0.25) is 14.5 Å². The van der Waals surface area contributed by atoms with Crippen molar-refractivity contribution in [3.8, 4) is 5.69 Å². The fraction of sp³-hybridized carbons (Fsp3) is 0.292. The number of rotatable bonds is 6. The Bertz CT molecular complexity index is 993. The topological polar surface area (TPSA) is 61.6 Å². The number of benzene rings is 2. The van der Waals surface area contributed by atoms with Gasteiger partial charge in [0.2, 0.25) is 0 Å². The molecule has 3 aromatic rings. The standard InChI is InChI=1S/C24H29N7.HI/c1-25-24(26-19-23-28-27-20-31(23)22-12-6-3-7-13-22)30-17-15-29(16-18-30)14-8-11-21-9-4-2-5-10-21;/h2-13,20H,14-19H2,1H3,(H,25,26);1H/b11-8+;. The van der Waals surface area contributed by atoms with Gasteiger partial charge in [0.1, 0.15) is 6.33 Å². The molecule has 0 amide bonds. The Kier molecular flexibility index (Phi) is 9.24. The van der Waals surface area contributed by atoms with Crippen LogP contribution in [-0.2, 0) is 6.54 Å². The Morgan fingerprint density at radius 2 is 1.69 bits per heavy atom. The van der Waals surface area contributed by atoms with E-state index in [4.69, 9.17) is 0 Å². The van der Waals surface area contributed by atoms with Crippen molar-refractivity contribution in [1.29, 1.82) is 0 Å². The molecule has 2 heterocycles.